The second-order valence-electron chi connectivity index (χ2n) is 3.53. The van der Waals surface area contributed by atoms with Crippen molar-refractivity contribution in [1.29, 1.82) is 0 Å². The second-order valence-corrected chi connectivity index (χ2v) is 5.35. The molecule has 0 aliphatic heterocycles. The number of hydrogen-bond donors (Lipinski definition) is 3. The summed E-state index contributed by atoms with van der Waals surface area (Å²) in [6, 6.07) is 4.97. The molecule has 0 aliphatic carbocycles. The van der Waals surface area contributed by atoms with Gasteiger partial charge in [0.05, 0.1) is 15.7 Å². The number of nitrogens with two attached hydrogens (primary N) is 1. The van der Waals surface area contributed by atoms with Crippen LogP contribution in [0.3, 0.4) is 0 Å². The van der Waals surface area contributed by atoms with Gasteiger partial charge in [-0.25, -0.2) is 4.98 Å². The Labute approximate surface area is 123 Å². The highest BCUT2D eigenvalue weighted by molar-refractivity contribution is 7.18. The molecule has 0 saturated carbocycles. The summed E-state index contributed by atoms with van der Waals surface area (Å²) in [5.41, 5.74) is 6.04. The molecule has 8 heteroatoms. The Morgan fingerprint density at radius 1 is 1.37 bits per heavy atom. The average Bonchev–Trinajstić information content (AvgIpc) is 2.75. The monoisotopic (exact) mass is 316 g/mol. The molecule has 0 spiro atoms. The lowest BCUT2D eigenvalue weighted by molar-refractivity contribution is 0.103. The number of thiazole rings is 1. The van der Waals surface area contributed by atoms with E-state index in [1.807, 2.05) is 0 Å². The van der Waals surface area contributed by atoms with Gasteiger partial charge in [-0.3, -0.25) is 4.79 Å². The first kappa shape index (κ1) is 13.9. The molecule has 1 amide bonds. The van der Waals surface area contributed by atoms with E-state index in [4.69, 9.17) is 28.9 Å². The lowest BCUT2D eigenvalue weighted by atomic mass is 10.3. The fourth-order valence-corrected chi connectivity index (χ4v) is 2.61. The summed E-state index contributed by atoms with van der Waals surface area (Å²) in [6.45, 7) is 0. The molecule has 100 valence electrons. The summed E-state index contributed by atoms with van der Waals surface area (Å²) in [5.74, 6) is -0.235. The van der Waals surface area contributed by atoms with Crippen LogP contribution in [0.25, 0.3) is 0 Å². The Morgan fingerprint density at radius 3 is 2.53 bits per heavy atom. The number of rotatable bonds is 3. The molecule has 0 bridgehead atoms. The van der Waals surface area contributed by atoms with Crippen molar-refractivity contribution in [3.63, 3.8) is 0 Å². The van der Waals surface area contributed by atoms with Crippen LogP contribution < -0.4 is 16.4 Å². The molecule has 2 rings (SSSR count). The number of amides is 1. The molecule has 4 N–H and O–H groups in total. The van der Waals surface area contributed by atoms with E-state index in [2.05, 4.69) is 15.6 Å². The van der Waals surface area contributed by atoms with Crippen LogP contribution in [0.2, 0.25) is 10.0 Å². The average molecular weight is 317 g/mol. The van der Waals surface area contributed by atoms with Crippen molar-refractivity contribution >= 4 is 57.1 Å². The summed E-state index contributed by atoms with van der Waals surface area (Å²) in [4.78, 5) is 16.4. The predicted octanol–water partition coefficient (Wildman–Crippen LogP) is 3.33. The highest BCUT2D eigenvalue weighted by Gasteiger charge is 2.18. The number of carbonyl (C=O) groups excluding carboxylic acids is 1. The summed E-state index contributed by atoms with van der Waals surface area (Å²) < 4.78 is 0. The Kier molecular flexibility index (Phi) is 4.14. The summed E-state index contributed by atoms with van der Waals surface area (Å²) in [7, 11) is 1.70. The van der Waals surface area contributed by atoms with Gasteiger partial charge in [-0.1, -0.05) is 40.6 Å². The zero-order chi connectivity index (χ0) is 14.0. The van der Waals surface area contributed by atoms with Gasteiger partial charge >= 0.3 is 0 Å². The number of nitrogens with zero attached hydrogens (tertiary/aromatic N) is 1. The number of hydrogen-bond acceptors (Lipinski definition) is 5. The molecule has 0 atom stereocenters. The maximum absolute atomic E-state index is 12.1. The Bertz CT molecular complexity index is 609. The topological polar surface area (TPSA) is 80.0 Å². The van der Waals surface area contributed by atoms with Gasteiger partial charge in [0.1, 0.15) is 10.7 Å². The van der Waals surface area contributed by atoms with Gasteiger partial charge in [-0.2, -0.15) is 0 Å². The molecule has 0 fully saturated rings. The zero-order valence-corrected chi connectivity index (χ0v) is 12.2. The number of nitrogens with one attached hydrogen (secondary N) is 2. The van der Waals surface area contributed by atoms with Crippen molar-refractivity contribution in [2.24, 2.45) is 0 Å². The Morgan fingerprint density at radius 2 is 2.00 bits per heavy atom. The Balaban J connectivity index is 2.28. The van der Waals surface area contributed by atoms with Crippen LogP contribution in [0.15, 0.2) is 18.2 Å². The first-order chi connectivity index (χ1) is 9.02. The van der Waals surface area contributed by atoms with Crippen molar-refractivity contribution < 1.29 is 4.79 Å². The standard InChI is InChI=1S/C11H10Cl2N4OS/c1-15-11-17-9(14)8(19-11)10(18)16-7-5(12)3-2-4-6(7)13/h2-4H,14H2,1H3,(H,15,17)(H,16,18). The molecule has 0 aliphatic rings. The van der Waals surface area contributed by atoms with Gasteiger partial charge in [0.15, 0.2) is 5.13 Å². The third-order valence-electron chi connectivity index (χ3n) is 2.27. The maximum atomic E-state index is 12.1. The second kappa shape index (κ2) is 5.64. The maximum Gasteiger partial charge on any atom is 0.269 e. The van der Waals surface area contributed by atoms with Crippen LogP contribution in [0.4, 0.5) is 16.6 Å². The van der Waals surface area contributed by atoms with Gasteiger partial charge in [-0.15, -0.1) is 0 Å². The van der Waals surface area contributed by atoms with E-state index in [0.29, 0.717) is 25.7 Å². The fraction of sp³-hybridized carbons (Fsp3) is 0.0909. The highest BCUT2D eigenvalue weighted by atomic mass is 35.5. The van der Waals surface area contributed by atoms with E-state index in [0.717, 1.165) is 11.3 Å². The minimum absolute atomic E-state index is 0.162. The molecule has 0 radical (unpaired) electrons. The number of para-hydroxylation sites is 1. The molecule has 1 aromatic carbocycles. The molecule has 0 saturated heterocycles. The smallest absolute Gasteiger partial charge is 0.269 e. The summed E-state index contributed by atoms with van der Waals surface area (Å²) in [5, 5.41) is 6.74. The van der Waals surface area contributed by atoms with E-state index in [-0.39, 0.29) is 5.82 Å². The number of carbonyl (C=O) groups is 1. The molecule has 2 aromatic rings. The van der Waals surface area contributed by atoms with E-state index >= 15 is 0 Å². The Hall–Kier alpha value is -1.50. The minimum atomic E-state index is -0.397. The van der Waals surface area contributed by atoms with Crippen LogP contribution in [0.5, 0.6) is 0 Å². The minimum Gasteiger partial charge on any atom is -0.382 e. The lowest BCUT2D eigenvalue weighted by Crippen LogP contribution is -2.12. The van der Waals surface area contributed by atoms with E-state index < -0.39 is 5.91 Å². The molecular weight excluding hydrogens is 307 g/mol. The van der Waals surface area contributed by atoms with Gasteiger partial charge in [0.2, 0.25) is 0 Å². The normalized spacial score (nSPS) is 10.3. The number of aromatic nitrogens is 1. The van der Waals surface area contributed by atoms with E-state index in [1.54, 1.807) is 25.2 Å². The number of nitrogen functional groups attached to an aromatic ring is 1. The van der Waals surface area contributed by atoms with Gasteiger partial charge < -0.3 is 16.4 Å². The number of benzene rings is 1. The molecule has 5 nitrogen and oxygen atoms in total. The van der Waals surface area contributed by atoms with Gasteiger partial charge in [0.25, 0.3) is 5.91 Å². The van der Waals surface area contributed by atoms with Gasteiger partial charge in [0, 0.05) is 7.05 Å². The third-order valence-corrected chi connectivity index (χ3v) is 3.99. The van der Waals surface area contributed by atoms with E-state index in [9.17, 15) is 4.79 Å². The number of anilines is 3. The molecular formula is C11H10Cl2N4OS. The van der Waals surface area contributed by atoms with E-state index in [1.165, 1.54) is 0 Å². The molecule has 1 heterocycles. The predicted molar refractivity (Wildman–Crippen MR) is 80.5 cm³/mol. The molecule has 19 heavy (non-hydrogen) atoms. The summed E-state index contributed by atoms with van der Waals surface area (Å²) in [6.07, 6.45) is 0. The molecule has 0 unspecified atom stereocenters. The summed E-state index contributed by atoms with van der Waals surface area (Å²) >= 11 is 13.1. The quantitative estimate of drug-likeness (QED) is 0.811. The van der Waals surface area contributed by atoms with Crippen molar-refractivity contribution in [1.82, 2.24) is 4.98 Å². The SMILES string of the molecule is CNc1nc(N)c(C(=O)Nc2c(Cl)cccc2Cl)s1. The first-order valence-electron chi connectivity index (χ1n) is 5.22. The van der Waals surface area contributed by atoms with Crippen LogP contribution in [-0.4, -0.2) is 17.9 Å². The van der Waals surface area contributed by atoms with Gasteiger partial charge in [-0.05, 0) is 12.1 Å². The van der Waals surface area contributed by atoms with Crippen LogP contribution >= 0.6 is 34.5 Å². The zero-order valence-electron chi connectivity index (χ0n) is 9.83. The van der Waals surface area contributed by atoms with Crippen LogP contribution in [-0.2, 0) is 0 Å². The highest BCUT2D eigenvalue weighted by Crippen LogP contribution is 2.32. The van der Waals surface area contributed by atoms with Crippen LogP contribution in [0.1, 0.15) is 9.67 Å². The van der Waals surface area contributed by atoms with Crippen LogP contribution in [0, 0.1) is 0 Å². The van der Waals surface area contributed by atoms with Crippen molar-refractivity contribution in [3.8, 4) is 0 Å². The first-order valence-corrected chi connectivity index (χ1v) is 6.79. The molecule has 1 aromatic heterocycles. The van der Waals surface area contributed by atoms with Crippen molar-refractivity contribution in [2.45, 2.75) is 0 Å². The van der Waals surface area contributed by atoms with Crippen molar-refractivity contribution in [2.75, 3.05) is 23.4 Å². The lowest BCUT2D eigenvalue weighted by Gasteiger charge is -2.07. The third kappa shape index (κ3) is 2.91. The fourth-order valence-electron chi connectivity index (χ4n) is 1.39. The van der Waals surface area contributed by atoms with Crippen molar-refractivity contribution in [3.05, 3.63) is 33.1 Å². The largest absolute Gasteiger partial charge is 0.382 e. The number of halogens is 2.